The number of ether oxygens (including phenoxy) is 2. The number of hydrogen-bond acceptors (Lipinski definition) is 5. The van der Waals surface area contributed by atoms with Gasteiger partial charge in [-0.3, -0.25) is 9.59 Å². The summed E-state index contributed by atoms with van der Waals surface area (Å²) in [4.78, 5) is 28.6. The summed E-state index contributed by atoms with van der Waals surface area (Å²) < 4.78 is 12.9. The quantitative estimate of drug-likeness (QED) is 0.720. The summed E-state index contributed by atoms with van der Waals surface area (Å²) in [6, 6.07) is 5.55. The Bertz CT molecular complexity index is 791. The highest BCUT2D eigenvalue weighted by Gasteiger charge is 2.12. The van der Waals surface area contributed by atoms with E-state index in [1.807, 2.05) is 25.1 Å². The Hall–Kier alpha value is -2.15. The first kappa shape index (κ1) is 18.2. The third-order valence-corrected chi connectivity index (χ3v) is 4.49. The molecule has 0 fully saturated rings. The lowest BCUT2D eigenvalue weighted by Gasteiger charge is -2.05. The Morgan fingerprint density at radius 3 is 2.75 bits per heavy atom. The van der Waals surface area contributed by atoms with E-state index in [4.69, 9.17) is 9.47 Å². The van der Waals surface area contributed by atoms with Crippen molar-refractivity contribution in [2.75, 3.05) is 13.7 Å². The first-order chi connectivity index (χ1) is 11.6. The molecule has 0 aliphatic carbocycles. The van der Waals surface area contributed by atoms with Crippen LogP contribution in [0.2, 0.25) is 0 Å². The number of methoxy groups -OCH3 is 1. The van der Waals surface area contributed by atoms with Gasteiger partial charge in [-0.2, -0.15) is 4.99 Å². The Morgan fingerprint density at radius 2 is 2.08 bits per heavy atom. The van der Waals surface area contributed by atoms with E-state index in [9.17, 15) is 9.59 Å². The molecule has 0 spiro atoms. The second kappa shape index (κ2) is 8.63. The van der Waals surface area contributed by atoms with E-state index in [0.29, 0.717) is 17.8 Å². The molecule has 0 radical (unpaired) electrons. The molecule has 2 rings (SSSR count). The third kappa shape index (κ3) is 4.44. The van der Waals surface area contributed by atoms with Crippen molar-refractivity contribution in [3.63, 3.8) is 0 Å². The van der Waals surface area contributed by atoms with E-state index in [2.05, 4.69) is 4.99 Å². The monoisotopic (exact) mass is 350 g/mol. The number of benzene rings is 1. The highest BCUT2D eigenvalue weighted by Crippen LogP contribution is 2.23. The topological polar surface area (TPSA) is 69.9 Å². The van der Waals surface area contributed by atoms with Crippen LogP contribution in [0, 0.1) is 0 Å². The van der Waals surface area contributed by atoms with E-state index in [0.717, 1.165) is 28.8 Å². The predicted molar refractivity (Wildman–Crippen MR) is 93.1 cm³/mol. The summed E-state index contributed by atoms with van der Waals surface area (Å²) in [6.45, 7) is 4.13. The van der Waals surface area contributed by atoms with Gasteiger partial charge in [-0.05, 0) is 31.5 Å². The van der Waals surface area contributed by atoms with Crippen molar-refractivity contribution in [1.82, 2.24) is 4.57 Å². The summed E-state index contributed by atoms with van der Waals surface area (Å²) in [5, 5.41) is 0. The first-order valence-corrected chi connectivity index (χ1v) is 8.81. The van der Waals surface area contributed by atoms with Crippen molar-refractivity contribution in [3.05, 3.63) is 23.0 Å². The molecule has 0 unspecified atom stereocenters. The van der Waals surface area contributed by atoms with Crippen LogP contribution in [0.5, 0.6) is 5.75 Å². The second-order valence-corrected chi connectivity index (χ2v) is 6.23. The highest BCUT2D eigenvalue weighted by atomic mass is 32.1. The zero-order chi connectivity index (χ0) is 17.5. The largest absolute Gasteiger partial charge is 0.497 e. The number of amides is 1. The van der Waals surface area contributed by atoms with Crippen LogP contribution in [0.4, 0.5) is 0 Å². The zero-order valence-corrected chi connectivity index (χ0v) is 15.0. The molecule has 7 heteroatoms. The number of carbonyl (C=O) groups excluding carboxylic acids is 2. The molecule has 1 heterocycles. The number of unbranched alkanes of at least 4 members (excludes halogenated alkanes) is 1. The van der Waals surface area contributed by atoms with Crippen LogP contribution in [0.1, 0.15) is 33.1 Å². The molecule has 0 aliphatic heterocycles. The van der Waals surface area contributed by atoms with Crippen LogP contribution in [0.3, 0.4) is 0 Å². The molecule has 1 aromatic heterocycles. The van der Waals surface area contributed by atoms with Crippen molar-refractivity contribution in [3.8, 4) is 5.75 Å². The SMILES string of the molecule is CCCCC(=O)N=c1sc2cc(OC)ccc2n1CC(=O)OCC. The number of rotatable bonds is 7. The Morgan fingerprint density at radius 1 is 1.29 bits per heavy atom. The number of hydrogen-bond donors (Lipinski definition) is 0. The number of esters is 1. The maximum Gasteiger partial charge on any atom is 0.326 e. The molecule has 1 aromatic carbocycles. The van der Waals surface area contributed by atoms with Gasteiger partial charge >= 0.3 is 5.97 Å². The van der Waals surface area contributed by atoms with E-state index < -0.39 is 0 Å². The Kier molecular flexibility index (Phi) is 6.54. The molecule has 24 heavy (non-hydrogen) atoms. The van der Waals surface area contributed by atoms with Crippen LogP contribution in [0.15, 0.2) is 23.2 Å². The lowest BCUT2D eigenvalue weighted by atomic mass is 10.2. The Labute approximate surface area is 144 Å². The summed E-state index contributed by atoms with van der Waals surface area (Å²) in [5.41, 5.74) is 0.830. The van der Waals surface area contributed by atoms with E-state index in [-0.39, 0.29) is 18.4 Å². The number of aromatic nitrogens is 1. The van der Waals surface area contributed by atoms with E-state index in [1.165, 1.54) is 11.3 Å². The fourth-order valence-corrected chi connectivity index (χ4v) is 3.32. The van der Waals surface area contributed by atoms with Crippen LogP contribution in [0.25, 0.3) is 10.2 Å². The lowest BCUT2D eigenvalue weighted by molar-refractivity contribution is -0.143. The average Bonchev–Trinajstić information content (AvgIpc) is 2.89. The summed E-state index contributed by atoms with van der Waals surface area (Å²) in [7, 11) is 1.60. The maximum atomic E-state index is 12.0. The van der Waals surface area contributed by atoms with E-state index in [1.54, 1.807) is 18.6 Å². The second-order valence-electron chi connectivity index (χ2n) is 5.22. The van der Waals surface area contributed by atoms with Crippen LogP contribution in [-0.2, 0) is 20.9 Å². The molecule has 0 bridgehead atoms. The van der Waals surface area contributed by atoms with Gasteiger partial charge in [0.15, 0.2) is 4.80 Å². The van der Waals surface area contributed by atoms with Crippen molar-refractivity contribution in [2.24, 2.45) is 4.99 Å². The molecule has 0 saturated carbocycles. The van der Waals surface area contributed by atoms with E-state index >= 15 is 0 Å². The average molecular weight is 350 g/mol. The fraction of sp³-hybridized carbons (Fsp3) is 0.471. The third-order valence-electron chi connectivity index (χ3n) is 3.45. The lowest BCUT2D eigenvalue weighted by Crippen LogP contribution is -2.23. The maximum absolute atomic E-state index is 12.0. The Balaban J connectivity index is 2.48. The van der Waals surface area contributed by atoms with Crippen LogP contribution >= 0.6 is 11.3 Å². The van der Waals surface area contributed by atoms with Gasteiger partial charge in [0.2, 0.25) is 5.91 Å². The normalized spacial score (nSPS) is 11.7. The van der Waals surface area contributed by atoms with Gasteiger partial charge in [-0.15, -0.1) is 0 Å². The minimum Gasteiger partial charge on any atom is -0.497 e. The number of fused-ring (bicyclic) bond motifs is 1. The summed E-state index contributed by atoms with van der Waals surface area (Å²) in [6.07, 6.45) is 2.15. The molecular weight excluding hydrogens is 328 g/mol. The smallest absolute Gasteiger partial charge is 0.326 e. The van der Waals surface area contributed by atoms with Gasteiger partial charge in [0.1, 0.15) is 12.3 Å². The van der Waals surface area contributed by atoms with Crippen molar-refractivity contribution < 1.29 is 19.1 Å². The molecule has 130 valence electrons. The minimum atomic E-state index is -0.351. The number of carbonyl (C=O) groups is 2. The summed E-state index contributed by atoms with van der Waals surface area (Å²) >= 11 is 1.36. The molecule has 0 saturated heterocycles. The minimum absolute atomic E-state index is 0.0278. The number of nitrogens with zero attached hydrogens (tertiary/aromatic N) is 2. The van der Waals surface area contributed by atoms with Gasteiger partial charge in [0.25, 0.3) is 0 Å². The molecule has 1 amide bonds. The number of thiazole rings is 1. The van der Waals surface area contributed by atoms with Crippen molar-refractivity contribution >= 4 is 33.4 Å². The molecule has 2 aromatic rings. The standard InChI is InChI=1S/C17H22N2O4S/c1-4-6-7-15(20)18-17-19(11-16(21)23-5-2)13-9-8-12(22-3)10-14(13)24-17/h8-10H,4-7,11H2,1-3H3. The molecule has 0 N–H and O–H groups in total. The van der Waals surface area contributed by atoms with Crippen LogP contribution in [-0.4, -0.2) is 30.2 Å². The summed E-state index contributed by atoms with van der Waals surface area (Å²) in [5.74, 6) is 0.194. The molecule has 0 atom stereocenters. The van der Waals surface area contributed by atoms with Crippen molar-refractivity contribution in [1.29, 1.82) is 0 Å². The van der Waals surface area contributed by atoms with Crippen LogP contribution < -0.4 is 9.54 Å². The van der Waals surface area contributed by atoms with Crippen molar-refractivity contribution in [2.45, 2.75) is 39.7 Å². The predicted octanol–water partition coefficient (Wildman–Crippen LogP) is 2.89. The van der Waals surface area contributed by atoms with Gasteiger partial charge < -0.3 is 14.0 Å². The molecule has 6 nitrogen and oxygen atoms in total. The zero-order valence-electron chi connectivity index (χ0n) is 14.2. The molecular formula is C17H22N2O4S. The van der Waals surface area contributed by atoms with Gasteiger partial charge in [0, 0.05) is 6.42 Å². The van der Waals surface area contributed by atoms with Gasteiger partial charge in [0.05, 0.1) is 23.9 Å². The van der Waals surface area contributed by atoms with Gasteiger partial charge in [-0.25, -0.2) is 0 Å². The van der Waals surface area contributed by atoms with Gasteiger partial charge in [-0.1, -0.05) is 24.7 Å². The highest BCUT2D eigenvalue weighted by molar-refractivity contribution is 7.16. The first-order valence-electron chi connectivity index (χ1n) is 7.99. The molecule has 0 aliphatic rings. The fourth-order valence-electron chi connectivity index (χ4n) is 2.24.